The average Bonchev–Trinajstić information content (AvgIpc) is 3.11. The minimum absolute atomic E-state index is 0.0906. The molecule has 0 saturated carbocycles. The monoisotopic (exact) mass is 334 g/mol. The van der Waals surface area contributed by atoms with Crippen LogP contribution in [0, 0.1) is 5.82 Å². The van der Waals surface area contributed by atoms with E-state index in [1.165, 1.54) is 7.11 Å². The van der Waals surface area contributed by atoms with Crippen molar-refractivity contribution in [2.75, 3.05) is 31.6 Å². The third kappa shape index (κ3) is 3.41. The summed E-state index contributed by atoms with van der Waals surface area (Å²) in [5, 5.41) is 0. The molecule has 0 aliphatic carbocycles. The molecule has 0 amide bonds. The van der Waals surface area contributed by atoms with Crippen molar-refractivity contribution in [3.05, 3.63) is 29.6 Å². The smallest absolute Gasteiger partial charge is 0.323 e. The molecule has 2 aliphatic rings. The topological polar surface area (TPSA) is 32.8 Å². The Bertz CT molecular complexity index is 585. The van der Waals surface area contributed by atoms with Crippen LogP contribution in [0.4, 0.5) is 10.1 Å². The van der Waals surface area contributed by atoms with Gasteiger partial charge >= 0.3 is 5.97 Å². The van der Waals surface area contributed by atoms with E-state index >= 15 is 0 Å². The van der Waals surface area contributed by atoms with Crippen LogP contribution < -0.4 is 4.90 Å². The highest BCUT2D eigenvalue weighted by atomic mass is 19.1. The summed E-state index contributed by atoms with van der Waals surface area (Å²) in [5.41, 5.74) is 1.74. The summed E-state index contributed by atoms with van der Waals surface area (Å²) in [5.74, 6) is -0.238. The molecule has 132 valence electrons. The number of piperidine rings is 1. The Balaban J connectivity index is 1.62. The molecule has 1 atom stereocenters. The number of anilines is 1. The first-order valence-electron chi connectivity index (χ1n) is 9.01. The third-order valence-corrected chi connectivity index (χ3v) is 5.46. The largest absolute Gasteiger partial charge is 0.468 e. The van der Waals surface area contributed by atoms with Crippen LogP contribution in [0.3, 0.4) is 0 Å². The first-order valence-corrected chi connectivity index (χ1v) is 9.01. The number of esters is 1. The molecular weight excluding hydrogens is 307 g/mol. The van der Waals surface area contributed by atoms with Crippen molar-refractivity contribution in [2.45, 2.75) is 51.1 Å². The summed E-state index contributed by atoms with van der Waals surface area (Å²) >= 11 is 0. The zero-order valence-corrected chi connectivity index (χ0v) is 14.6. The molecule has 0 spiro atoms. The molecule has 2 aliphatic heterocycles. The number of rotatable bonds is 4. The van der Waals surface area contributed by atoms with Gasteiger partial charge in [0.05, 0.1) is 12.8 Å². The van der Waals surface area contributed by atoms with Gasteiger partial charge in [0.2, 0.25) is 0 Å². The van der Waals surface area contributed by atoms with Crippen LogP contribution in [0.15, 0.2) is 18.2 Å². The minimum Gasteiger partial charge on any atom is -0.468 e. The van der Waals surface area contributed by atoms with Gasteiger partial charge in [0.15, 0.2) is 0 Å². The van der Waals surface area contributed by atoms with E-state index < -0.39 is 0 Å². The highest BCUT2D eigenvalue weighted by Gasteiger charge is 2.37. The molecule has 1 aromatic carbocycles. The summed E-state index contributed by atoms with van der Waals surface area (Å²) in [6.45, 7) is 4.66. The maximum Gasteiger partial charge on any atom is 0.323 e. The van der Waals surface area contributed by atoms with Gasteiger partial charge < -0.3 is 9.64 Å². The lowest BCUT2D eigenvalue weighted by atomic mass is 10.0. The van der Waals surface area contributed by atoms with Crippen molar-refractivity contribution in [1.29, 1.82) is 0 Å². The molecule has 3 rings (SSSR count). The second kappa shape index (κ2) is 7.51. The van der Waals surface area contributed by atoms with Crippen LogP contribution in [0.1, 0.15) is 38.2 Å². The van der Waals surface area contributed by atoms with Crippen LogP contribution in [-0.2, 0) is 16.0 Å². The molecule has 0 N–H and O–H groups in total. The lowest BCUT2D eigenvalue weighted by molar-refractivity contribution is -0.146. The van der Waals surface area contributed by atoms with Gasteiger partial charge in [0.1, 0.15) is 11.9 Å². The highest BCUT2D eigenvalue weighted by molar-refractivity contribution is 5.76. The van der Waals surface area contributed by atoms with E-state index in [4.69, 9.17) is 4.74 Å². The number of hydrogen-bond donors (Lipinski definition) is 0. The van der Waals surface area contributed by atoms with Gasteiger partial charge in [-0.2, -0.15) is 0 Å². The molecule has 4 nitrogen and oxygen atoms in total. The molecule has 24 heavy (non-hydrogen) atoms. The number of benzene rings is 1. The summed E-state index contributed by atoms with van der Waals surface area (Å²) in [6, 6.07) is 5.87. The van der Waals surface area contributed by atoms with Crippen LogP contribution in [0.2, 0.25) is 0 Å². The van der Waals surface area contributed by atoms with Crippen molar-refractivity contribution in [3.63, 3.8) is 0 Å². The lowest BCUT2D eigenvalue weighted by Gasteiger charge is -2.39. The van der Waals surface area contributed by atoms with Gasteiger partial charge in [-0.05, 0) is 56.3 Å². The summed E-state index contributed by atoms with van der Waals surface area (Å²) in [7, 11) is 1.46. The number of aryl methyl sites for hydroxylation is 1. The van der Waals surface area contributed by atoms with Gasteiger partial charge in [-0.25, -0.2) is 4.39 Å². The molecule has 5 heteroatoms. The van der Waals surface area contributed by atoms with Crippen LogP contribution in [-0.4, -0.2) is 49.7 Å². The fraction of sp³-hybridized carbons (Fsp3) is 0.632. The van der Waals surface area contributed by atoms with Gasteiger partial charge in [-0.3, -0.25) is 9.69 Å². The van der Waals surface area contributed by atoms with Crippen LogP contribution >= 0.6 is 0 Å². The van der Waals surface area contributed by atoms with E-state index in [0.717, 1.165) is 57.3 Å². The molecular formula is C19H27FN2O2. The predicted molar refractivity (Wildman–Crippen MR) is 92.8 cm³/mol. The number of ether oxygens (including phenoxy) is 1. The second-order valence-corrected chi connectivity index (χ2v) is 6.78. The van der Waals surface area contributed by atoms with Crippen molar-refractivity contribution in [2.24, 2.45) is 0 Å². The molecule has 1 aromatic rings. The number of methoxy groups -OCH3 is 1. The standard InChI is InChI=1S/C19H27FN2O2/c1-3-14-6-7-17(16(20)13-14)21-11-8-15(9-12-21)22-10-4-5-18(22)19(23)24-2/h6-7,13,15,18H,3-5,8-12H2,1-2H3/t18-/m0/s1. The predicted octanol–water partition coefficient (Wildman–Crippen LogP) is 2.99. The molecule has 2 fully saturated rings. The number of hydrogen-bond acceptors (Lipinski definition) is 4. The summed E-state index contributed by atoms with van der Waals surface area (Å²) in [4.78, 5) is 16.4. The highest BCUT2D eigenvalue weighted by Crippen LogP contribution is 2.30. The van der Waals surface area contributed by atoms with Crippen molar-refractivity contribution < 1.29 is 13.9 Å². The zero-order valence-electron chi connectivity index (χ0n) is 14.6. The Hall–Kier alpha value is -1.62. The minimum atomic E-state index is -0.124. The van der Waals surface area contributed by atoms with Gasteiger partial charge in [0, 0.05) is 19.1 Å². The van der Waals surface area contributed by atoms with E-state index in [-0.39, 0.29) is 17.8 Å². The lowest BCUT2D eigenvalue weighted by Crippen LogP contribution is -2.49. The van der Waals surface area contributed by atoms with Crippen molar-refractivity contribution in [1.82, 2.24) is 4.90 Å². The molecule has 2 saturated heterocycles. The van der Waals surface area contributed by atoms with Gasteiger partial charge in [-0.1, -0.05) is 13.0 Å². The van der Waals surface area contributed by atoms with E-state index in [9.17, 15) is 9.18 Å². The average molecular weight is 334 g/mol. The first kappa shape index (κ1) is 17.2. The van der Waals surface area contributed by atoms with E-state index in [1.807, 2.05) is 19.1 Å². The summed E-state index contributed by atoms with van der Waals surface area (Å²) < 4.78 is 19.3. The normalized spacial score (nSPS) is 22.8. The van der Waals surface area contributed by atoms with Gasteiger partial charge in [0.25, 0.3) is 0 Å². The van der Waals surface area contributed by atoms with Crippen molar-refractivity contribution in [3.8, 4) is 0 Å². The zero-order chi connectivity index (χ0) is 17.1. The van der Waals surface area contributed by atoms with Gasteiger partial charge in [-0.15, -0.1) is 0 Å². The number of carbonyl (C=O) groups is 1. The Kier molecular flexibility index (Phi) is 5.39. The number of halogens is 1. The SMILES string of the molecule is CCc1ccc(N2CCC(N3CCC[C@H]3C(=O)OC)CC2)c(F)c1. The van der Waals surface area contributed by atoms with Crippen molar-refractivity contribution >= 4 is 11.7 Å². The maximum atomic E-state index is 14.3. The number of likely N-dealkylation sites (tertiary alicyclic amines) is 1. The Morgan fingerprint density at radius 2 is 2.00 bits per heavy atom. The second-order valence-electron chi connectivity index (χ2n) is 6.78. The molecule has 0 radical (unpaired) electrons. The summed E-state index contributed by atoms with van der Waals surface area (Å²) in [6.07, 6.45) is 4.71. The quantitative estimate of drug-likeness (QED) is 0.793. The Labute approximate surface area is 143 Å². The van der Waals surface area contributed by atoms with E-state index in [2.05, 4.69) is 9.80 Å². The molecule has 2 heterocycles. The van der Waals surface area contributed by atoms with E-state index in [0.29, 0.717) is 11.7 Å². The molecule has 0 bridgehead atoms. The Morgan fingerprint density at radius 3 is 2.62 bits per heavy atom. The number of carbonyl (C=O) groups excluding carboxylic acids is 1. The Morgan fingerprint density at radius 1 is 1.25 bits per heavy atom. The first-order chi connectivity index (χ1) is 11.6. The number of nitrogens with zero attached hydrogens (tertiary/aromatic N) is 2. The maximum absolute atomic E-state index is 14.3. The van der Waals surface area contributed by atoms with Crippen LogP contribution in [0.25, 0.3) is 0 Å². The third-order valence-electron chi connectivity index (χ3n) is 5.46. The van der Waals surface area contributed by atoms with E-state index in [1.54, 1.807) is 6.07 Å². The fourth-order valence-corrected chi connectivity index (χ4v) is 4.08. The fourth-order valence-electron chi connectivity index (χ4n) is 4.08. The molecule has 0 unspecified atom stereocenters. The van der Waals surface area contributed by atoms with Crippen LogP contribution in [0.5, 0.6) is 0 Å². The molecule has 0 aromatic heterocycles.